The van der Waals surface area contributed by atoms with Gasteiger partial charge >= 0.3 is 0 Å². The van der Waals surface area contributed by atoms with E-state index in [0.717, 1.165) is 23.8 Å². The zero-order valence-corrected chi connectivity index (χ0v) is 10.2. The third-order valence-electron chi connectivity index (χ3n) is 3.36. The van der Waals surface area contributed by atoms with Crippen LogP contribution in [-0.4, -0.2) is 12.3 Å². The van der Waals surface area contributed by atoms with Crippen molar-refractivity contribution in [1.29, 1.82) is 0 Å². The van der Waals surface area contributed by atoms with E-state index in [4.69, 9.17) is 5.73 Å². The number of hydrogen-bond acceptors (Lipinski definition) is 2. The monoisotopic (exact) mass is 247 g/mol. The molecule has 0 unspecified atom stereocenters. The van der Waals surface area contributed by atoms with E-state index in [-0.39, 0.29) is 24.7 Å². The van der Waals surface area contributed by atoms with E-state index in [1.165, 1.54) is 16.5 Å². The second kappa shape index (κ2) is 4.47. The molecular formula is C14H14ClNO. The molecule has 0 heterocycles. The average Bonchev–Trinajstić information content (AvgIpc) is 2.74. The van der Waals surface area contributed by atoms with E-state index in [0.29, 0.717) is 0 Å². The van der Waals surface area contributed by atoms with Gasteiger partial charge in [0.2, 0.25) is 0 Å². The molecule has 17 heavy (non-hydrogen) atoms. The Morgan fingerprint density at radius 3 is 2.53 bits per heavy atom. The van der Waals surface area contributed by atoms with Crippen LogP contribution < -0.4 is 5.73 Å². The van der Waals surface area contributed by atoms with Gasteiger partial charge in [0, 0.05) is 5.56 Å². The van der Waals surface area contributed by atoms with Gasteiger partial charge in [-0.05, 0) is 34.7 Å². The number of hydrogen-bond donors (Lipinski definition) is 1. The van der Waals surface area contributed by atoms with Crippen LogP contribution in [0.4, 0.5) is 0 Å². The minimum Gasteiger partial charge on any atom is -0.324 e. The number of aryl methyl sites for hydroxylation is 2. The summed E-state index contributed by atoms with van der Waals surface area (Å²) in [6, 6.07) is 10.2. The van der Waals surface area contributed by atoms with Crippen LogP contribution in [0.5, 0.6) is 0 Å². The fourth-order valence-electron chi connectivity index (χ4n) is 2.60. The maximum atomic E-state index is 11.7. The van der Waals surface area contributed by atoms with Gasteiger partial charge in [0.05, 0.1) is 6.54 Å². The van der Waals surface area contributed by atoms with Crippen LogP contribution in [0.1, 0.15) is 21.5 Å². The van der Waals surface area contributed by atoms with Crippen LogP contribution in [0, 0.1) is 0 Å². The van der Waals surface area contributed by atoms with Crippen LogP contribution >= 0.6 is 12.4 Å². The summed E-state index contributed by atoms with van der Waals surface area (Å²) in [5, 5.41) is 2.35. The number of carbonyl (C=O) groups is 1. The second-order valence-corrected chi connectivity index (χ2v) is 4.24. The first-order valence-electron chi connectivity index (χ1n) is 5.58. The van der Waals surface area contributed by atoms with E-state index < -0.39 is 0 Å². The van der Waals surface area contributed by atoms with Gasteiger partial charge in [0.15, 0.2) is 5.78 Å². The zero-order valence-electron chi connectivity index (χ0n) is 9.40. The van der Waals surface area contributed by atoms with E-state index in [2.05, 4.69) is 12.1 Å². The molecule has 2 aromatic rings. The first-order chi connectivity index (χ1) is 7.81. The van der Waals surface area contributed by atoms with Crippen LogP contribution in [0.15, 0.2) is 30.3 Å². The Morgan fingerprint density at radius 1 is 1.12 bits per heavy atom. The molecule has 0 spiro atoms. The molecule has 0 saturated carbocycles. The number of benzene rings is 2. The largest absolute Gasteiger partial charge is 0.324 e. The summed E-state index contributed by atoms with van der Waals surface area (Å²) in [7, 11) is 0. The zero-order chi connectivity index (χ0) is 11.1. The predicted octanol–water partition coefficient (Wildman–Crippen LogP) is 2.50. The molecule has 88 valence electrons. The fourth-order valence-corrected chi connectivity index (χ4v) is 2.60. The summed E-state index contributed by atoms with van der Waals surface area (Å²) in [6.07, 6.45) is 2.18. The number of nitrogens with two attached hydrogens (primary N) is 1. The summed E-state index contributed by atoms with van der Waals surface area (Å²) in [5.41, 5.74) is 8.93. The molecule has 2 aromatic carbocycles. The van der Waals surface area contributed by atoms with Gasteiger partial charge in [0.25, 0.3) is 0 Å². The van der Waals surface area contributed by atoms with Crippen LogP contribution in [-0.2, 0) is 12.8 Å². The SMILES string of the molecule is Cl.NCC(=O)c1ccc2c3c(cccc13)CC2. The van der Waals surface area contributed by atoms with E-state index in [1.54, 1.807) is 0 Å². The van der Waals surface area contributed by atoms with Gasteiger partial charge < -0.3 is 5.73 Å². The molecule has 2 N–H and O–H groups in total. The van der Waals surface area contributed by atoms with Crippen LogP contribution in [0.25, 0.3) is 10.8 Å². The third-order valence-corrected chi connectivity index (χ3v) is 3.36. The molecule has 0 aromatic heterocycles. The lowest BCUT2D eigenvalue weighted by Gasteiger charge is -2.06. The minimum atomic E-state index is 0. The normalized spacial score (nSPS) is 12.5. The molecule has 2 nitrogen and oxygen atoms in total. The second-order valence-electron chi connectivity index (χ2n) is 4.24. The topological polar surface area (TPSA) is 43.1 Å². The Kier molecular flexibility index (Phi) is 3.18. The van der Waals surface area contributed by atoms with Crippen molar-refractivity contribution < 1.29 is 4.79 Å². The maximum absolute atomic E-state index is 11.7. The Morgan fingerprint density at radius 2 is 1.82 bits per heavy atom. The maximum Gasteiger partial charge on any atom is 0.177 e. The first kappa shape index (κ1) is 12.1. The highest BCUT2D eigenvalue weighted by atomic mass is 35.5. The molecule has 0 atom stereocenters. The summed E-state index contributed by atoms with van der Waals surface area (Å²) < 4.78 is 0. The molecule has 1 aliphatic carbocycles. The van der Waals surface area contributed by atoms with Crippen molar-refractivity contribution in [3.8, 4) is 0 Å². The number of ketones is 1. The lowest BCUT2D eigenvalue weighted by Crippen LogP contribution is -2.13. The molecule has 1 aliphatic rings. The Hall–Kier alpha value is -1.38. The molecule has 0 amide bonds. The summed E-state index contributed by atoms with van der Waals surface area (Å²) >= 11 is 0. The van der Waals surface area contributed by atoms with Gasteiger partial charge in [-0.15, -0.1) is 12.4 Å². The lowest BCUT2D eigenvalue weighted by atomic mass is 9.97. The van der Waals surface area contributed by atoms with Gasteiger partial charge in [0.1, 0.15) is 0 Å². The minimum absolute atomic E-state index is 0. The molecule has 0 aliphatic heterocycles. The van der Waals surface area contributed by atoms with E-state index >= 15 is 0 Å². The number of carbonyl (C=O) groups excluding carboxylic acids is 1. The standard InChI is InChI=1S/C14H13NO.ClH/c15-8-13(16)11-7-6-10-5-4-9-2-1-3-12(11)14(9)10;/h1-3,6-7H,4-5,8,15H2;1H. The van der Waals surface area contributed by atoms with Gasteiger partial charge in [-0.1, -0.05) is 30.3 Å². The van der Waals surface area contributed by atoms with Crippen molar-refractivity contribution in [1.82, 2.24) is 0 Å². The summed E-state index contributed by atoms with van der Waals surface area (Å²) in [6.45, 7) is 0.0820. The third kappa shape index (κ3) is 1.74. The summed E-state index contributed by atoms with van der Waals surface area (Å²) in [4.78, 5) is 11.7. The molecule has 3 heteroatoms. The van der Waals surface area contributed by atoms with Crippen LogP contribution in [0.2, 0.25) is 0 Å². The quantitative estimate of drug-likeness (QED) is 0.829. The van der Waals surface area contributed by atoms with Crippen molar-refractivity contribution in [2.45, 2.75) is 12.8 Å². The molecular weight excluding hydrogens is 234 g/mol. The van der Waals surface area contributed by atoms with Gasteiger partial charge in [-0.25, -0.2) is 0 Å². The molecule has 3 rings (SSSR count). The number of Topliss-reactive ketones (excluding diaryl/α,β-unsaturated/α-hetero) is 1. The number of halogens is 1. The Labute approximate surface area is 106 Å². The van der Waals surface area contributed by atoms with Crippen molar-refractivity contribution in [2.24, 2.45) is 5.73 Å². The summed E-state index contributed by atoms with van der Waals surface area (Å²) in [5.74, 6) is 0.0237. The van der Waals surface area contributed by atoms with Gasteiger partial charge in [-0.2, -0.15) is 0 Å². The first-order valence-corrected chi connectivity index (χ1v) is 5.58. The van der Waals surface area contributed by atoms with Crippen molar-refractivity contribution in [2.75, 3.05) is 6.54 Å². The Balaban J connectivity index is 0.00000108. The van der Waals surface area contributed by atoms with Crippen molar-refractivity contribution >= 4 is 29.0 Å². The molecule has 0 bridgehead atoms. The predicted molar refractivity (Wildman–Crippen MR) is 72.0 cm³/mol. The van der Waals surface area contributed by atoms with Crippen molar-refractivity contribution in [3.63, 3.8) is 0 Å². The highest BCUT2D eigenvalue weighted by Gasteiger charge is 2.17. The molecule has 0 saturated heterocycles. The fraction of sp³-hybridized carbons (Fsp3) is 0.214. The van der Waals surface area contributed by atoms with Gasteiger partial charge in [-0.3, -0.25) is 4.79 Å². The highest BCUT2D eigenvalue weighted by molar-refractivity contribution is 6.10. The van der Waals surface area contributed by atoms with E-state index in [1.807, 2.05) is 18.2 Å². The highest BCUT2D eigenvalue weighted by Crippen LogP contribution is 2.32. The van der Waals surface area contributed by atoms with E-state index in [9.17, 15) is 4.79 Å². The molecule has 0 fully saturated rings. The molecule has 0 radical (unpaired) electrons. The Bertz CT molecular complexity index is 582. The van der Waals surface area contributed by atoms with Crippen LogP contribution in [0.3, 0.4) is 0 Å². The average molecular weight is 248 g/mol. The smallest absolute Gasteiger partial charge is 0.177 e. The lowest BCUT2D eigenvalue weighted by molar-refractivity contribution is 0.100. The number of rotatable bonds is 2. The van der Waals surface area contributed by atoms with Crippen molar-refractivity contribution in [3.05, 3.63) is 47.0 Å².